The number of rotatable bonds is 4. The van der Waals surface area contributed by atoms with Crippen LogP contribution in [0.5, 0.6) is 0 Å². The smallest absolute Gasteiger partial charge is 0.305 e. The van der Waals surface area contributed by atoms with E-state index in [1.807, 2.05) is 19.0 Å². The molecule has 0 aromatic carbocycles. The van der Waals surface area contributed by atoms with E-state index in [0.29, 0.717) is 5.76 Å². The van der Waals surface area contributed by atoms with E-state index in [1.54, 1.807) is 18.4 Å². The normalized spacial score (nSPS) is 13.2. The number of aliphatic carboxylic acids is 1. The molecule has 0 radical (unpaired) electrons. The van der Waals surface area contributed by atoms with E-state index in [0.717, 1.165) is 0 Å². The zero-order valence-corrected chi connectivity index (χ0v) is 7.73. The fourth-order valence-electron chi connectivity index (χ4n) is 1.18. The van der Waals surface area contributed by atoms with E-state index in [9.17, 15) is 4.79 Å². The molecule has 4 nitrogen and oxygen atoms in total. The Balaban J connectivity index is 2.74. The Kier molecular flexibility index (Phi) is 3.08. The Morgan fingerprint density at radius 1 is 1.69 bits per heavy atom. The molecule has 0 amide bonds. The standard InChI is InChI=1S/C9H13NO3/c1-10(2)7(6-9(11)12)8-4-3-5-13-8/h3-5,7H,6H2,1-2H3,(H,11,12). The van der Waals surface area contributed by atoms with Crippen molar-refractivity contribution in [1.29, 1.82) is 0 Å². The van der Waals surface area contributed by atoms with Gasteiger partial charge in [0.05, 0.1) is 18.7 Å². The average molecular weight is 183 g/mol. The molecule has 1 aromatic heterocycles. The first-order valence-electron chi connectivity index (χ1n) is 4.03. The highest BCUT2D eigenvalue weighted by molar-refractivity contribution is 5.67. The summed E-state index contributed by atoms with van der Waals surface area (Å²) < 4.78 is 5.15. The number of hydrogen-bond acceptors (Lipinski definition) is 3. The summed E-state index contributed by atoms with van der Waals surface area (Å²) in [4.78, 5) is 12.4. The topological polar surface area (TPSA) is 53.7 Å². The number of carboxylic acids is 1. The predicted octanol–water partition coefficient (Wildman–Crippen LogP) is 1.36. The van der Waals surface area contributed by atoms with Crippen LogP contribution in [0, 0.1) is 0 Å². The van der Waals surface area contributed by atoms with Crippen molar-refractivity contribution in [3.8, 4) is 0 Å². The molecular weight excluding hydrogens is 170 g/mol. The summed E-state index contributed by atoms with van der Waals surface area (Å²) in [5.74, 6) is -0.137. The molecule has 1 heterocycles. The molecule has 13 heavy (non-hydrogen) atoms. The van der Waals surface area contributed by atoms with Crippen molar-refractivity contribution in [2.75, 3.05) is 14.1 Å². The molecule has 0 aliphatic carbocycles. The summed E-state index contributed by atoms with van der Waals surface area (Å²) in [5, 5.41) is 8.66. The first-order valence-corrected chi connectivity index (χ1v) is 4.03. The maximum Gasteiger partial charge on any atom is 0.305 e. The van der Waals surface area contributed by atoms with Gasteiger partial charge < -0.3 is 9.52 Å². The van der Waals surface area contributed by atoms with Gasteiger partial charge in [0.2, 0.25) is 0 Å². The molecule has 0 saturated carbocycles. The highest BCUT2D eigenvalue weighted by atomic mass is 16.4. The first-order chi connectivity index (χ1) is 6.11. The molecule has 1 N–H and O–H groups in total. The summed E-state index contributed by atoms with van der Waals surface area (Å²) in [6.07, 6.45) is 1.61. The molecule has 72 valence electrons. The first kappa shape index (κ1) is 9.80. The monoisotopic (exact) mass is 183 g/mol. The van der Waals surface area contributed by atoms with Crippen LogP contribution in [-0.4, -0.2) is 30.1 Å². The molecule has 1 unspecified atom stereocenters. The van der Waals surface area contributed by atoms with Crippen LogP contribution in [0.2, 0.25) is 0 Å². The summed E-state index contributed by atoms with van der Waals surface area (Å²) in [7, 11) is 3.66. The van der Waals surface area contributed by atoms with Crippen molar-refractivity contribution >= 4 is 5.97 Å². The molecule has 4 heteroatoms. The lowest BCUT2D eigenvalue weighted by Crippen LogP contribution is -2.22. The van der Waals surface area contributed by atoms with Crippen LogP contribution in [0.25, 0.3) is 0 Å². The minimum absolute atomic E-state index is 0.0561. The predicted molar refractivity (Wildman–Crippen MR) is 47.4 cm³/mol. The molecule has 1 atom stereocenters. The third-order valence-corrected chi connectivity index (χ3v) is 1.86. The van der Waals surface area contributed by atoms with E-state index >= 15 is 0 Å². The quantitative estimate of drug-likeness (QED) is 0.765. The van der Waals surface area contributed by atoms with Gasteiger partial charge in [-0.05, 0) is 26.2 Å². The lowest BCUT2D eigenvalue weighted by Gasteiger charge is -2.19. The van der Waals surface area contributed by atoms with Gasteiger partial charge in [-0.2, -0.15) is 0 Å². The minimum atomic E-state index is -0.824. The van der Waals surface area contributed by atoms with Gasteiger partial charge >= 0.3 is 5.97 Å². The van der Waals surface area contributed by atoms with Crippen molar-refractivity contribution in [1.82, 2.24) is 4.90 Å². The Morgan fingerprint density at radius 2 is 2.38 bits per heavy atom. The second kappa shape index (κ2) is 4.09. The maximum atomic E-state index is 10.5. The lowest BCUT2D eigenvalue weighted by atomic mass is 10.1. The van der Waals surface area contributed by atoms with Gasteiger partial charge in [-0.1, -0.05) is 0 Å². The molecule has 0 fully saturated rings. The Morgan fingerprint density at radius 3 is 2.77 bits per heavy atom. The van der Waals surface area contributed by atoms with Gasteiger partial charge in [-0.3, -0.25) is 9.69 Å². The van der Waals surface area contributed by atoms with E-state index in [4.69, 9.17) is 9.52 Å². The van der Waals surface area contributed by atoms with Crippen molar-refractivity contribution < 1.29 is 14.3 Å². The molecule has 1 rings (SSSR count). The highest BCUT2D eigenvalue weighted by Crippen LogP contribution is 2.21. The Labute approximate surface area is 76.8 Å². The number of furan rings is 1. The maximum absolute atomic E-state index is 10.5. The van der Waals surface area contributed by atoms with Crippen molar-refractivity contribution in [2.45, 2.75) is 12.5 Å². The fraction of sp³-hybridized carbons (Fsp3) is 0.444. The summed E-state index contributed by atoms with van der Waals surface area (Å²) in [6.45, 7) is 0. The van der Waals surface area contributed by atoms with Gasteiger partial charge in [0.25, 0.3) is 0 Å². The van der Waals surface area contributed by atoms with Gasteiger partial charge in [0.1, 0.15) is 5.76 Å². The lowest BCUT2D eigenvalue weighted by molar-refractivity contribution is -0.138. The molecule has 0 bridgehead atoms. The van der Waals surface area contributed by atoms with Crippen LogP contribution in [0.4, 0.5) is 0 Å². The molecule has 0 spiro atoms. The Hall–Kier alpha value is -1.29. The SMILES string of the molecule is CN(C)C(CC(=O)O)c1ccco1. The van der Waals surface area contributed by atoms with Gasteiger partial charge in [0.15, 0.2) is 0 Å². The number of nitrogens with zero attached hydrogens (tertiary/aromatic N) is 1. The van der Waals surface area contributed by atoms with E-state index in [-0.39, 0.29) is 12.5 Å². The third kappa shape index (κ3) is 2.59. The largest absolute Gasteiger partial charge is 0.481 e. The molecule has 0 saturated heterocycles. The average Bonchev–Trinajstić information content (AvgIpc) is 2.50. The highest BCUT2D eigenvalue weighted by Gasteiger charge is 2.19. The second-order valence-corrected chi connectivity index (χ2v) is 3.09. The van der Waals surface area contributed by atoms with Crippen LogP contribution in [0.1, 0.15) is 18.2 Å². The van der Waals surface area contributed by atoms with Crippen LogP contribution in [-0.2, 0) is 4.79 Å². The van der Waals surface area contributed by atoms with E-state index < -0.39 is 5.97 Å². The summed E-state index contributed by atoms with van der Waals surface area (Å²) in [6, 6.07) is 3.36. The van der Waals surface area contributed by atoms with Gasteiger partial charge in [-0.15, -0.1) is 0 Å². The van der Waals surface area contributed by atoms with Gasteiger partial charge in [0, 0.05) is 0 Å². The Bertz CT molecular complexity index is 266. The third-order valence-electron chi connectivity index (χ3n) is 1.86. The summed E-state index contributed by atoms with van der Waals surface area (Å²) in [5.41, 5.74) is 0. The van der Waals surface area contributed by atoms with Crippen LogP contribution in [0.15, 0.2) is 22.8 Å². The zero-order valence-electron chi connectivity index (χ0n) is 7.73. The van der Waals surface area contributed by atoms with Crippen molar-refractivity contribution in [3.63, 3.8) is 0 Å². The zero-order chi connectivity index (χ0) is 9.84. The van der Waals surface area contributed by atoms with Crippen molar-refractivity contribution in [2.24, 2.45) is 0 Å². The number of carboxylic acid groups (broad SMARTS) is 1. The molecular formula is C9H13NO3. The van der Waals surface area contributed by atoms with Crippen molar-refractivity contribution in [3.05, 3.63) is 24.2 Å². The second-order valence-electron chi connectivity index (χ2n) is 3.09. The van der Waals surface area contributed by atoms with E-state index in [2.05, 4.69) is 0 Å². The summed E-state index contributed by atoms with van der Waals surface area (Å²) >= 11 is 0. The van der Waals surface area contributed by atoms with Crippen LogP contribution >= 0.6 is 0 Å². The number of carbonyl (C=O) groups is 1. The molecule has 0 aliphatic heterocycles. The van der Waals surface area contributed by atoms with Crippen LogP contribution in [0.3, 0.4) is 0 Å². The van der Waals surface area contributed by atoms with Gasteiger partial charge in [-0.25, -0.2) is 0 Å². The molecule has 1 aromatic rings. The fourth-order valence-corrected chi connectivity index (χ4v) is 1.18. The number of hydrogen-bond donors (Lipinski definition) is 1. The van der Waals surface area contributed by atoms with Crippen LogP contribution < -0.4 is 0 Å². The minimum Gasteiger partial charge on any atom is -0.481 e. The molecule has 0 aliphatic rings. The van der Waals surface area contributed by atoms with E-state index in [1.165, 1.54) is 0 Å².